The Morgan fingerprint density at radius 1 is 1.47 bits per heavy atom. The molecule has 17 heavy (non-hydrogen) atoms. The number of carbonyl (C=O) groups excluding carboxylic acids is 1. The molecular weight excluding hydrogens is 236 g/mol. The van der Waals surface area contributed by atoms with E-state index >= 15 is 0 Å². The van der Waals surface area contributed by atoms with E-state index in [4.69, 9.17) is 0 Å². The van der Waals surface area contributed by atoms with Gasteiger partial charge in [-0.2, -0.15) is 0 Å². The lowest BCUT2D eigenvalue weighted by Gasteiger charge is -2.03. The average molecular weight is 250 g/mol. The topological polar surface area (TPSA) is 52.0 Å². The summed E-state index contributed by atoms with van der Waals surface area (Å²) in [5, 5.41) is 0.693. The van der Waals surface area contributed by atoms with E-state index < -0.39 is 0 Å². The highest BCUT2D eigenvalue weighted by molar-refractivity contribution is 7.18. The number of nitrogens with zero attached hydrogens (tertiary/aromatic N) is 2. The summed E-state index contributed by atoms with van der Waals surface area (Å²) < 4.78 is 1.52. The van der Waals surface area contributed by atoms with E-state index in [9.17, 15) is 9.59 Å². The molecule has 0 N–H and O–H groups in total. The van der Waals surface area contributed by atoms with E-state index in [0.29, 0.717) is 18.4 Å². The normalized spacial score (nSPS) is 11.0. The minimum atomic E-state index is -0.0434. The van der Waals surface area contributed by atoms with Crippen LogP contribution in [-0.4, -0.2) is 15.3 Å². The molecule has 0 unspecified atom stereocenters. The number of ketones is 1. The van der Waals surface area contributed by atoms with Crippen LogP contribution in [0.4, 0.5) is 0 Å². The minimum Gasteiger partial charge on any atom is -0.300 e. The Balaban J connectivity index is 2.53. The van der Waals surface area contributed by atoms with Crippen molar-refractivity contribution >= 4 is 27.3 Å². The molecule has 2 heterocycles. The van der Waals surface area contributed by atoms with Crippen LogP contribution >= 0.6 is 11.3 Å². The van der Waals surface area contributed by atoms with Gasteiger partial charge in [0, 0.05) is 17.8 Å². The molecule has 0 spiro atoms. The Morgan fingerprint density at radius 3 is 2.82 bits per heavy atom. The molecule has 0 aliphatic rings. The maximum atomic E-state index is 12.2. The molecule has 5 heteroatoms. The van der Waals surface area contributed by atoms with Gasteiger partial charge in [0.1, 0.15) is 10.6 Å². The third-order valence-corrected chi connectivity index (χ3v) is 3.98. The van der Waals surface area contributed by atoms with E-state index in [1.807, 2.05) is 13.8 Å². The van der Waals surface area contributed by atoms with E-state index in [2.05, 4.69) is 4.98 Å². The highest BCUT2D eigenvalue weighted by Gasteiger charge is 2.11. The number of fused-ring (bicyclic) bond motifs is 1. The number of carbonyl (C=O) groups is 1. The van der Waals surface area contributed by atoms with E-state index in [-0.39, 0.29) is 11.3 Å². The van der Waals surface area contributed by atoms with Gasteiger partial charge in [-0.3, -0.25) is 14.2 Å². The summed E-state index contributed by atoms with van der Waals surface area (Å²) in [6.07, 6.45) is 1.90. The van der Waals surface area contributed by atoms with Crippen molar-refractivity contribution in [2.45, 2.75) is 33.7 Å². The Labute approximate surface area is 103 Å². The van der Waals surface area contributed by atoms with Gasteiger partial charge in [-0.05, 0) is 26.3 Å². The number of hydrogen-bond donors (Lipinski definition) is 0. The zero-order valence-corrected chi connectivity index (χ0v) is 10.9. The van der Waals surface area contributed by atoms with Crippen LogP contribution in [-0.2, 0) is 11.3 Å². The zero-order chi connectivity index (χ0) is 12.6. The van der Waals surface area contributed by atoms with Crippen molar-refractivity contribution in [3.63, 3.8) is 0 Å². The first-order chi connectivity index (χ1) is 8.00. The van der Waals surface area contributed by atoms with Crippen molar-refractivity contribution in [1.29, 1.82) is 0 Å². The summed E-state index contributed by atoms with van der Waals surface area (Å²) in [6, 6.07) is 0. The van der Waals surface area contributed by atoms with Crippen LogP contribution in [0.25, 0.3) is 10.2 Å². The first kappa shape index (κ1) is 12.0. The maximum absolute atomic E-state index is 12.2. The summed E-state index contributed by atoms with van der Waals surface area (Å²) in [5.41, 5.74) is 0.956. The van der Waals surface area contributed by atoms with Gasteiger partial charge in [0.15, 0.2) is 0 Å². The molecule has 0 aliphatic heterocycles. The van der Waals surface area contributed by atoms with Crippen LogP contribution in [0.5, 0.6) is 0 Å². The van der Waals surface area contributed by atoms with Crippen LogP contribution in [0.2, 0.25) is 0 Å². The van der Waals surface area contributed by atoms with Crippen LogP contribution in [0, 0.1) is 13.8 Å². The molecule has 0 atom stereocenters. The predicted molar refractivity (Wildman–Crippen MR) is 68.7 cm³/mol. The summed E-state index contributed by atoms with van der Waals surface area (Å²) in [4.78, 5) is 29.3. The van der Waals surface area contributed by atoms with Gasteiger partial charge < -0.3 is 0 Å². The summed E-state index contributed by atoms with van der Waals surface area (Å²) >= 11 is 1.53. The smallest absolute Gasteiger partial charge is 0.262 e. The molecule has 90 valence electrons. The molecule has 0 aromatic carbocycles. The van der Waals surface area contributed by atoms with Crippen molar-refractivity contribution in [3.05, 3.63) is 27.1 Å². The molecule has 2 rings (SSSR count). The summed E-state index contributed by atoms with van der Waals surface area (Å²) in [7, 11) is 0. The molecule has 0 saturated heterocycles. The van der Waals surface area contributed by atoms with Gasteiger partial charge in [0.05, 0.1) is 11.7 Å². The lowest BCUT2D eigenvalue weighted by molar-refractivity contribution is -0.117. The number of hydrogen-bond acceptors (Lipinski definition) is 4. The fraction of sp³-hybridized carbons (Fsp3) is 0.417. The van der Waals surface area contributed by atoms with Crippen LogP contribution < -0.4 is 5.56 Å². The van der Waals surface area contributed by atoms with Gasteiger partial charge >= 0.3 is 0 Å². The van der Waals surface area contributed by atoms with Crippen molar-refractivity contribution in [3.8, 4) is 0 Å². The Bertz CT molecular complexity index is 640. The first-order valence-electron chi connectivity index (χ1n) is 5.45. The minimum absolute atomic E-state index is 0.0434. The Morgan fingerprint density at radius 2 is 2.18 bits per heavy atom. The fourth-order valence-electron chi connectivity index (χ4n) is 1.71. The highest BCUT2D eigenvalue weighted by Crippen LogP contribution is 2.25. The number of aryl methyl sites for hydroxylation is 3. The van der Waals surface area contributed by atoms with Gasteiger partial charge in [-0.15, -0.1) is 11.3 Å². The van der Waals surface area contributed by atoms with E-state index in [1.54, 1.807) is 0 Å². The molecule has 0 amide bonds. The SMILES string of the molecule is CC(=O)CCn1cnc2sc(C)c(C)c2c1=O. The monoisotopic (exact) mass is 250 g/mol. The second-order valence-electron chi connectivity index (χ2n) is 4.16. The number of Topliss-reactive ketones (excluding diaryl/α,β-unsaturated/α-hetero) is 1. The molecule has 0 saturated carbocycles. The molecule has 2 aromatic rings. The lowest BCUT2D eigenvalue weighted by atomic mass is 10.2. The number of thiophene rings is 1. The van der Waals surface area contributed by atoms with Crippen LogP contribution in [0.15, 0.2) is 11.1 Å². The van der Waals surface area contributed by atoms with Gasteiger partial charge in [0.25, 0.3) is 5.56 Å². The summed E-state index contributed by atoms with van der Waals surface area (Å²) in [5.74, 6) is 0.0789. The van der Waals surface area contributed by atoms with Crippen molar-refractivity contribution in [2.75, 3.05) is 0 Å². The van der Waals surface area contributed by atoms with E-state index in [1.165, 1.54) is 29.2 Å². The standard InChI is InChI=1S/C12H14N2O2S/c1-7(15)4-5-14-6-13-11-10(12(14)16)8(2)9(3)17-11/h6H,4-5H2,1-3H3. The maximum Gasteiger partial charge on any atom is 0.262 e. The fourth-order valence-corrected chi connectivity index (χ4v) is 2.69. The molecule has 0 aliphatic carbocycles. The highest BCUT2D eigenvalue weighted by atomic mass is 32.1. The molecule has 0 bridgehead atoms. The van der Waals surface area contributed by atoms with Crippen molar-refractivity contribution in [1.82, 2.24) is 9.55 Å². The largest absolute Gasteiger partial charge is 0.300 e. The predicted octanol–water partition coefficient (Wildman–Crippen LogP) is 2.05. The third kappa shape index (κ3) is 2.15. The van der Waals surface area contributed by atoms with Gasteiger partial charge in [-0.25, -0.2) is 4.98 Å². The molecule has 0 fully saturated rings. The van der Waals surface area contributed by atoms with Gasteiger partial charge in [-0.1, -0.05) is 0 Å². The third-order valence-electron chi connectivity index (χ3n) is 2.86. The first-order valence-corrected chi connectivity index (χ1v) is 6.27. The molecule has 4 nitrogen and oxygen atoms in total. The molecule has 2 aromatic heterocycles. The lowest BCUT2D eigenvalue weighted by Crippen LogP contribution is -2.21. The quantitative estimate of drug-likeness (QED) is 0.837. The molecule has 0 radical (unpaired) electrons. The average Bonchev–Trinajstić information content (AvgIpc) is 2.54. The van der Waals surface area contributed by atoms with Crippen molar-refractivity contribution < 1.29 is 4.79 Å². The second kappa shape index (κ2) is 4.41. The van der Waals surface area contributed by atoms with Crippen LogP contribution in [0.3, 0.4) is 0 Å². The Hall–Kier alpha value is -1.49. The summed E-state index contributed by atoms with van der Waals surface area (Å²) in [6.45, 7) is 5.86. The number of aromatic nitrogens is 2. The van der Waals surface area contributed by atoms with E-state index in [0.717, 1.165) is 15.3 Å². The molecular formula is C12H14N2O2S. The van der Waals surface area contributed by atoms with Gasteiger partial charge in [0.2, 0.25) is 0 Å². The zero-order valence-electron chi connectivity index (χ0n) is 10.1. The van der Waals surface area contributed by atoms with Crippen molar-refractivity contribution in [2.24, 2.45) is 0 Å². The van der Waals surface area contributed by atoms with Crippen LogP contribution in [0.1, 0.15) is 23.8 Å². The Kier molecular flexibility index (Phi) is 3.11. The second-order valence-corrected chi connectivity index (χ2v) is 5.36. The number of rotatable bonds is 3.